The monoisotopic (exact) mass is 294 g/mol. The summed E-state index contributed by atoms with van der Waals surface area (Å²) in [5.41, 5.74) is 1.88. The molecule has 0 saturated heterocycles. The number of hydrogen-bond donors (Lipinski definition) is 1. The lowest BCUT2D eigenvalue weighted by atomic mass is 10.2. The van der Waals surface area contributed by atoms with Gasteiger partial charge in [-0.3, -0.25) is 4.79 Å². The maximum atomic E-state index is 11.6. The number of aliphatic hydroxyl groups is 1. The molecule has 4 nitrogen and oxygen atoms in total. The van der Waals surface area contributed by atoms with E-state index >= 15 is 0 Å². The molecule has 1 aromatic heterocycles. The zero-order valence-electron chi connectivity index (χ0n) is 11.8. The molecule has 1 heterocycles. The number of aryl methyl sites for hydroxylation is 1. The van der Waals surface area contributed by atoms with Crippen molar-refractivity contribution in [1.29, 1.82) is 0 Å². The maximum Gasteiger partial charge on any atom is 0.222 e. The standard InChI is InChI=1S/C15H19ClN2O2/c1-17(2)15(20)4-3-7-18-9-11(10-19)13-6-5-12(16)8-14(13)18/h5-6,8-9,19H,3-4,7,10H2,1-2H3. The van der Waals surface area contributed by atoms with Crippen molar-refractivity contribution < 1.29 is 9.90 Å². The van der Waals surface area contributed by atoms with E-state index in [-0.39, 0.29) is 12.5 Å². The van der Waals surface area contributed by atoms with Gasteiger partial charge in [-0.15, -0.1) is 0 Å². The number of aliphatic hydroxyl groups excluding tert-OH is 1. The van der Waals surface area contributed by atoms with Gasteiger partial charge in [0.25, 0.3) is 0 Å². The van der Waals surface area contributed by atoms with E-state index in [1.165, 1.54) is 0 Å². The van der Waals surface area contributed by atoms with Crippen molar-refractivity contribution in [2.24, 2.45) is 0 Å². The van der Waals surface area contributed by atoms with Crippen LogP contribution in [0.25, 0.3) is 10.9 Å². The SMILES string of the molecule is CN(C)C(=O)CCCn1cc(CO)c2ccc(Cl)cc21. The Morgan fingerprint density at radius 1 is 1.40 bits per heavy atom. The number of halogens is 1. The minimum atomic E-state index is 0.00175. The topological polar surface area (TPSA) is 45.5 Å². The Kier molecular flexibility index (Phi) is 4.68. The number of aromatic nitrogens is 1. The van der Waals surface area contributed by atoms with E-state index in [0.717, 1.165) is 29.4 Å². The van der Waals surface area contributed by atoms with Crippen molar-refractivity contribution >= 4 is 28.4 Å². The van der Waals surface area contributed by atoms with Gasteiger partial charge in [0.1, 0.15) is 0 Å². The van der Waals surface area contributed by atoms with Crippen LogP contribution in [-0.2, 0) is 17.9 Å². The number of carbonyl (C=O) groups excluding carboxylic acids is 1. The lowest BCUT2D eigenvalue weighted by Crippen LogP contribution is -2.21. The van der Waals surface area contributed by atoms with Crippen molar-refractivity contribution in [1.82, 2.24) is 9.47 Å². The van der Waals surface area contributed by atoms with Gasteiger partial charge in [0, 0.05) is 54.7 Å². The lowest BCUT2D eigenvalue weighted by Gasteiger charge is -2.10. The molecule has 20 heavy (non-hydrogen) atoms. The van der Waals surface area contributed by atoms with Gasteiger partial charge in [-0.05, 0) is 18.6 Å². The first-order chi connectivity index (χ1) is 9.52. The fourth-order valence-corrected chi connectivity index (χ4v) is 2.44. The molecule has 108 valence electrons. The van der Waals surface area contributed by atoms with Crippen molar-refractivity contribution in [2.45, 2.75) is 26.0 Å². The van der Waals surface area contributed by atoms with Crippen molar-refractivity contribution in [3.8, 4) is 0 Å². The average Bonchev–Trinajstić information content (AvgIpc) is 2.76. The summed E-state index contributed by atoms with van der Waals surface area (Å²) in [6.45, 7) is 0.734. The van der Waals surface area contributed by atoms with E-state index in [1.54, 1.807) is 19.0 Å². The third-order valence-corrected chi connectivity index (χ3v) is 3.62. The molecular weight excluding hydrogens is 276 g/mol. The Morgan fingerprint density at radius 3 is 2.80 bits per heavy atom. The quantitative estimate of drug-likeness (QED) is 0.921. The summed E-state index contributed by atoms with van der Waals surface area (Å²) in [6.07, 6.45) is 3.21. The molecule has 0 atom stereocenters. The van der Waals surface area contributed by atoms with Crippen LogP contribution in [0.5, 0.6) is 0 Å². The van der Waals surface area contributed by atoms with Crippen LogP contribution in [0.4, 0.5) is 0 Å². The predicted octanol–water partition coefficient (Wildman–Crippen LogP) is 2.66. The molecule has 0 aliphatic heterocycles. The number of hydrogen-bond acceptors (Lipinski definition) is 2. The molecule has 1 N–H and O–H groups in total. The number of amides is 1. The van der Waals surface area contributed by atoms with Gasteiger partial charge in [-0.2, -0.15) is 0 Å². The summed E-state index contributed by atoms with van der Waals surface area (Å²) in [7, 11) is 3.52. The highest BCUT2D eigenvalue weighted by Crippen LogP contribution is 2.25. The number of fused-ring (bicyclic) bond motifs is 1. The van der Waals surface area contributed by atoms with Crippen LogP contribution in [0.15, 0.2) is 24.4 Å². The second kappa shape index (κ2) is 6.29. The van der Waals surface area contributed by atoms with Gasteiger partial charge < -0.3 is 14.6 Å². The molecule has 0 spiro atoms. The van der Waals surface area contributed by atoms with Gasteiger partial charge in [0.05, 0.1) is 6.61 Å². The zero-order chi connectivity index (χ0) is 14.7. The van der Waals surface area contributed by atoms with Gasteiger partial charge in [0.15, 0.2) is 0 Å². The third-order valence-electron chi connectivity index (χ3n) is 3.39. The number of benzene rings is 1. The number of rotatable bonds is 5. The zero-order valence-corrected chi connectivity index (χ0v) is 12.5. The van der Waals surface area contributed by atoms with Gasteiger partial charge >= 0.3 is 0 Å². The van der Waals surface area contributed by atoms with Crippen LogP contribution in [0, 0.1) is 0 Å². The van der Waals surface area contributed by atoms with Crippen molar-refractivity contribution in [3.63, 3.8) is 0 Å². The average molecular weight is 295 g/mol. The second-order valence-corrected chi connectivity index (χ2v) is 5.50. The van der Waals surface area contributed by atoms with E-state index in [1.807, 2.05) is 24.4 Å². The molecule has 0 aliphatic rings. The van der Waals surface area contributed by atoms with Crippen molar-refractivity contribution in [2.75, 3.05) is 14.1 Å². The first kappa shape index (κ1) is 14.9. The van der Waals surface area contributed by atoms with Gasteiger partial charge in [-0.1, -0.05) is 17.7 Å². The Hall–Kier alpha value is -1.52. The summed E-state index contributed by atoms with van der Waals surface area (Å²) < 4.78 is 2.05. The van der Waals surface area contributed by atoms with Crippen LogP contribution in [0.2, 0.25) is 5.02 Å². The molecule has 0 aliphatic carbocycles. The molecule has 0 radical (unpaired) electrons. The molecule has 0 bridgehead atoms. The normalized spacial score (nSPS) is 11.0. The second-order valence-electron chi connectivity index (χ2n) is 5.06. The molecule has 1 aromatic carbocycles. The number of nitrogens with zero attached hydrogens (tertiary/aromatic N) is 2. The smallest absolute Gasteiger partial charge is 0.222 e. The largest absolute Gasteiger partial charge is 0.392 e. The Labute approximate surface area is 123 Å². The Bertz CT molecular complexity index is 620. The van der Waals surface area contributed by atoms with Crippen LogP contribution in [0.1, 0.15) is 18.4 Å². The van der Waals surface area contributed by atoms with Crippen LogP contribution in [0.3, 0.4) is 0 Å². The minimum Gasteiger partial charge on any atom is -0.392 e. The van der Waals surface area contributed by atoms with E-state index in [9.17, 15) is 9.90 Å². The molecule has 0 saturated carbocycles. The Morgan fingerprint density at radius 2 is 2.15 bits per heavy atom. The molecule has 2 rings (SSSR count). The highest BCUT2D eigenvalue weighted by atomic mass is 35.5. The molecule has 2 aromatic rings. The fourth-order valence-electron chi connectivity index (χ4n) is 2.28. The molecular formula is C15H19ClN2O2. The molecule has 1 amide bonds. The highest BCUT2D eigenvalue weighted by Gasteiger charge is 2.09. The van der Waals surface area contributed by atoms with Crippen molar-refractivity contribution in [3.05, 3.63) is 35.0 Å². The summed E-state index contributed by atoms with van der Waals surface area (Å²) in [4.78, 5) is 13.2. The van der Waals surface area contributed by atoms with Crippen LogP contribution < -0.4 is 0 Å². The summed E-state index contributed by atoms with van der Waals surface area (Å²) in [6, 6.07) is 5.64. The minimum absolute atomic E-state index is 0.00175. The first-order valence-corrected chi connectivity index (χ1v) is 6.99. The van der Waals surface area contributed by atoms with E-state index in [4.69, 9.17) is 11.6 Å². The molecule has 0 unspecified atom stereocenters. The number of carbonyl (C=O) groups is 1. The van der Waals surface area contributed by atoms with Gasteiger partial charge in [-0.25, -0.2) is 0 Å². The van der Waals surface area contributed by atoms with E-state index in [0.29, 0.717) is 11.4 Å². The first-order valence-electron chi connectivity index (χ1n) is 6.61. The summed E-state index contributed by atoms with van der Waals surface area (Å²) >= 11 is 6.03. The molecule has 5 heteroatoms. The Balaban J connectivity index is 2.17. The predicted molar refractivity (Wildman–Crippen MR) is 80.8 cm³/mol. The van der Waals surface area contributed by atoms with E-state index < -0.39 is 0 Å². The van der Waals surface area contributed by atoms with Gasteiger partial charge in [0.2, 0.25) is 5.91 Å². The van der Waals surface area contributed by atoms with Crippen LogP contribution >= 0.6 is 11.6 Å². The highest BCUT2D eigenvalue weighted by molar-refractivity contribution is 6.31. The fraction of sp³-hybridized carbons (Fsp3) is 0.400. The van der Waals surface area contributed by atoms with Crippen LogP contribution in [-0.4, -0.2) is 34.6 Å². The lowest BCUT2D eigenvalue weighted by molar-refractivity contribution is -0.128. The molecule has 0 fully saturated rings. The summed E-state index contributed by atoms with van der Waals surface area (Å²) in [5, 5.41) is 11.1. The maximum absolute atomic E-state index is 11.6. The third kappa shape index (κ3) is 3.14. The van der Waals surface area contributed by atoms with E-state index in [2.05, 4.69) is 4.57 Å². The summed E-state index contributed by atoms with van der Waals surface area (Å²) in [5.74, 6) is 0.127.